The number of para-hydroxylation sites is 2. The van der Waals surface area contributed by atoms with Crippen molar-refractivity contribution in [2.45, 2.75) is 34.6 Å². The van der Waals surface area contributed by atoms with Crippen LogP contribution < -0.4 is 0 Å². The Kier molecular flexibility index (Phi) is 15.6. The first kappa shape index (κ1) is 28.0. The quantitative estimate of drug-likeness (QED) is 0.305. The molecular formula is C23H26Cl2FeN2O2-2. The van der Waals surface area contributed by atoms with Gasteiger partial charge in [0, 0.05) is 0 Å². The van der Waals surface area contributed by atoms with Crippen LogP contribution in [0.1, 0.15) is 33.3 Å². The Labute approximate surface area is 194 Å². The van der Waals surface area contributed by atoms with Gasteiger partial charge in [-0.2, -0.15) is 11.4 Å². The first-order valence-corrected chi connectivity index (χ1v) is 12.0. The van der Waals surface area contributed by atoms with Crippen LogP contribution in [0.4, 0.5) is 11.4 Å². The second-order valence-electron chi connectivity index (χ2n) is 6.19. The number of rotatable bonds is 6. The van der Waals surface area contributed by atoms with Crippen LogP contribution in [0.3, 0.4) is 0 Å². The van der Waals surface area contributed by atoms with E-state index in [1.165, 1.54) is 26.0 Å². The van der Waals surface area contributed by atoms with E-state index in [1.54, 1.807) is 0 Å². The van der Waals surface area contributed by atoms with E-state index < -0.39 is 0 Å². The van der Waals surface area contributed by atoms with Crippen molar-refractivity contribution in [3.05, 3.63) is 94.3 Å². The molecule has 0 saturated carbocycles. The van der Waals surface area contributed by atoms with Gasteiger partial charge >= 0.3 is 33.3 Å². The Morgan fingerprint density at radius 2 is 1.20 bits per heavy atom. The van der Waals surface area contributed by atoms with Crippen molar-refractivity contribution >= 4 is 43.1 Å². The number of hydrogen-bond donors (Lipinski definition) is 0. The van der Waals surface area contributed by atoms with E-state index in [9.17, 15) is 9.59 Å². The van der Waals surface area contributed by atoms with E-state index in [2.05, 4.69) is 10.6 Å². The molecule has 0 amide bonds. The van der Waals surface area contributed by atoms with Crippen LogP contribution in [-0.4, -0.2) is 11.6 Å². The Bertz CT molecular complexity index is 853. The van der Waals surface area contributed by atoms with Gasteiger partial charge in [0.15, 0.2) is 11.6 Å². The molecule has 0 bridgehead atoms. The molecule has 0 aliphatic rings. The van der Waals surface area contributed by atoms with E-state index in [0.717, 1.165) is 28.3 Å². The number of hydrogen-bond acceptors (Lipinski definition) is 2. The van der Waals surface area contributed by atoms with Crippen molar-refractivity contribution in [3.63, 3.8) is 0 Å². The van der Waals surface area contributed by atoms with Crippen molar-refractivity contribution in [2.75, 3.05) is 0 Å². The maximum absolute atomic E-state index is 10.8. The van der Waals surface area contributed by atoms with Gasteiger partial charge in [-0.05, 0) is 32.9 Å². The minimum atomic E-state index is 0.0252. The number of nitrogens with zero attached hydrogens (tertiary/aromatic N) is 2. The number of allylic oxidation sites excluding steroid dienone is 4. The Morgan fingerprint density at radius 1 is 0.767 bits per heavy atom. The van der Waals surface area contributed by atoms with Crippen molar-refractivity contribution in [1.29, 1.82) is 0 Å². The summed E-state index contributed by atoms with van der Waals surface area (Å²) in [6.45, 7) is 8.68. The Morgan fingerprint density at radius 3 is 1.67 bits per heavy atom. The molecule has 0 spiro atoms. The normalized spacial score (nSPS) is 10.8. The summed E-state index contributed by atoms with van der Waals surface area (Å²) in [7, 11) is 9.53. The average molecular weight is 489 g/mol. The van der Waals surface area contributed by atoms with Crippen molar-refractivity contribution < 1.29 is 22.7 Å². The van der Waals surface area contributed by atoms with Crippen molar-refractivity contribution in [2.24, 2.45) is 0 Å². The summed E-state index contributed by atoms with van der Waals surface area (Å²) in [6.07, 6.45) is 3.06. The van der Waals surface area contributed by atoms with Gasteiger partial charge in [-0.25, -0.2) is 0 Å². The predicted octanol–water partition coefficient (Wildman–Crippen LogP) is 8.05. The Hall–Kier alpha value is -2.04. The van der Waals surface area contributed by atoms with E-state index in [0.29, 0.717) is 0 Å². The maximum atomic E-state index is 10.8. The monoisotopic (exact) mass is 488 g/mol. The third-order valence-electron chi connectivity index (χ3n) is 3.30. The number of carbonyl (C=O) groups excluding carboxylic acids is 2. The topological polar surface area (TPSA) is 62.3 Å². The summed E-state index contributed by atoms with van der Waals surface area (Å²) in [5.74, 6) is 0.0528. The molecule has 0 aliphatic heterocycles. The van der Waals surface area contributed by atoms with Crippen LogP contribution in [-0.2, 0) is 22.7 Å². The molecule has 0 N–H and O–H groups in total. The number of ketones is 2. The molecule has 0 saturated heterocycles. The summed E-state index contributed by atoms with van der Waals surface area (Å²) < 4.78 is 0. The van der Waals surface area contributed by atoms with E-state index in [-0.39, 0.29) is 24.7 Å². The average Bonchev–Trinajstić information content (AvgIpc) is 2.64. The zero-order chi connectivity index (χ0) is 22.9. The number of benzene rings is 2. The number of halogens is 2. The number of aryl methyl sites for hydroxylation is 1. The third kappa shape index (κ3) is 14.9. The predicted molar refractivity (Wildman–Crippen MR) is 124 cm³/mol. The van der Waals surface area contributed by atoms with Crippen LogP contribution >= 0.6 is 20.2 Å². The van der Waals surface area contributed by atoms with Crippen LogP contribution in [0, 0.1) is 6.92 Å². The molecule has 2 rings (SSSR count). The van der Waals surface area contributed by atoms with Gasteiger partial charge in [0.1, 0.15) is 0 Å². The molecule has 0 atom stereocenters. The van der Waals surface area contributed by atoms with Gasteiger partial charge in [-0.3, -0.25) is 9.59 Å². The number of carbonyl (C=O) groups is 2. The zero-order valence-corrected chi connectivity index (χ0v) is 20.3. The van der Waals surface area contributed by atoms with E-state index in [1.807, 2.05) is 75.4 Å². The van der Waals surface area contributed by atoms with Gasteiger partial charge in [0.05, 0.1) is 0 Å². The second-order valence-corrected chi connectivity index (χ2v) is 8.01. The van der Waals surface area contributed by atoms with E-state index >= 15 is 0 Å². The first-order valence-electron chi connectivity index (χ1n) is 8.96. The standard InChI is InChI=1S/C12H15NO.C11H13NO.2ClH.Fe/c1-9-6-4-5-7-12(9)13-10(2)8-11(3)14;1-9(8-10(2)13)12-11-6-4-3-5-7-11;;;/h4-8H,1-3H3,(H,13,14);3-8H,1-2H3,(H,12,13);2*1H;/q;;;;+2/p-4. The first-order chi connectivity index (χ1) is 14.2. The van der Waals surface area contributed by atoms with Crippen LogP contribution in [0.15, 0.2) is 78.1 Å². The third-order valence-corrected chi connectivity index (χ3v) is 3.30. The molecule has 0 unspecified atom stereocenters. The fourth-order valence-electron chi connectivity index (χ4n) is 2.24. The molecule has 0 heterocycles. The molecule has 2 aromatic carbocycles. The zero-order valence-electron chi connectivity index (χ0n) is 17.7. The van der Waals surface area contributed by atoms with Crippen LogP contribution in [0.25, 0.3) is 10.6 Å². The van der Waals surface area contributed by atoms with Gasteiger partial charge in [-0.15, -0.1) is 11.4 Å². The Balaban J connectivity index is 0.000000497. The molecule has 2 aromatic rings. The molecule has 0 radical (unpaired) electrons. The van der Waals surface area contributed by atoms with Crippen LogP contribution in [0.2, 0.25) is 0 Å². The fraction of sp³-hybridized carbons (Fsp3) is 0.217. The molecule has 0 fully saturated rings. The molecule has 7 heteroatoms. The van der Waals surface area contributed by atoms with Gasteiger partial charge < -0.3 is 10.6 Å². The minimum absolute atomic E-state index is 0.0252. The fourth-order valence-corrected chi connectivity index (χ4v) is 2.24. The van der Waals surface area contributed by atoms with Crippen LogP contribution in [0.5, 0.6) is 0 Å². The second kappa shape index (κ2) is 16.7. The molecule has 164 valence electrons. The molecule has 0 aromatic heterocycles. The summed E-state index contributed by atoms with van der Waals surface area (Å²) in [5.41, 5.74) is 4.38. The van der Waals surface area contributed by atoms with Gasteiger partial charge in [-0.1, -0.05) is 74.0 Å². The SMILES string of the molecule is CC(=O)/C=C(/C)[N-]c1ccccc1.CC(=O)/C=C(/C)[N-]c1ccccc1C.[Cl][Fe][Cl]. The molecule has 4 nitrogen and oxygen atoms in total. The summed E-state index contributed by atoms with van der Waals surface area (Å²) in [4.78, 5) is 21.5. The molecule has 0 aliphatic carbocycles. The summed E-state index contributed by atoms with van der Waals surface area (Å²) in [6, 6.07) is 17.4. The van der Waals surface area contributed by atoms with Crippen molar-refractivity contribution in [3.8, 4) is 0 Å². The van der Waals surface area contributed by atoms with Gasteiger partial charge in [0.25, 0.3) is 0 Å². The molecule has 30 heavy (non-hydrogen) atoms. The van der Waals surface area contributed by atoms with E-state index in [4.69, 9.17) is 20.2 Å². The molecular weight excluding hydrogens is 463 g/mol. The summed E-state index contributed by atoms with van der Waals surface area (Å²) in [5, 5.41) is 8.58. The van der Waals surface area contributed by atoms with Crippen molar-refractivity contribution in [1.82, 2.24) is 0 Å². The summed E-state index contributed by atoms with van der Waals surface area (Å²) >= 11 is 0.194. The van der Waals surface area contributed by atoms with Gasteiger partial charge in [0.2, 0.25) is 0 Å².